The molecule has 5 nitrogen and oxygen atoms in total. The van der Waals surface area contributed by atoms with Crippen LogP contribution >= 0.6 is 11.6 Å². The van der Waals surface area contributed by atoms with Crippen LogP contribution in [0.15, 0.2) is 36.7 Å². The lowest BCUT2D eigenvalue weighted by Crippen LogP contribution is -2.10. The van der Waals surface area contributed by atoms with Crippen molar-refractivity contribution in [3.8, 4) is 11.3 Å². The fraction of sp³-hybridized carbons (Fsp3) is 0.154. The Bertz CT molecular complexity index is 722. The quantitative estimate of drug-likeness (QED) is 0.793. The van der Waals surface area contributed by atoms with Gasteiger partial charge in [-0.15, -0.1) is 5.10 Å². The lowest BCUT2D eigenvalue weighted by atomic mass is 10.1. The Morgan fingerprint density at radius 1 is 1.26 bits per heavy atom. The molecule has 96 valence electrons. The van der Waals surface area contributed by atoms with Gasteiger partial charge < -0.3 is 5.73 Å². The van der Waals surface area contributed by atoms with E-state index in [2.05, 4.69) is 15.3 Å². The van der Waals surface area contributed by atoms with E-state index in [4.69, 9.17) is 17.3 Å². The Labute approximate surface area is 115 Å². The van der Waals surface area contributed by atoms with E-state index in [1.807, 2.05) is 30.5 Å². The molecule has 19 heavy (non-hydrogen) atoms. The van der Waals surface area contributed by atoms with Crippen LogP contribution in [0.1, 0.15) is 0 Å². The fourth-order valence-electron chi connectivity index (χ4n) is 2.01. The zero-order chi connectivity index (χ0) is 13.2. The van der Waals surface area contributed by atoms with Gasteiger partial charge in [0.1, 0.15) is 5.69 Å². The molecule has 0 aliphatic carbocycles. The minimum atomic E-state index is 0.530. The molecule has 2 aromatic heterocycles. The summed E-state index contributed by atoms with van der Waals surface area (Å²) in [6.07, 6.45) is 3.61. The predicted molar refractivity (Wildman–Crippen MR) is 74.8 cm³/mol. The molecular weight excluding hydrogens is 262 g/mol. The third-order valence-corrected chi connectivity index (χ3v) is 3.22. The Balaban J connectivity index is 2.16. The summed E-state index contributed by atoms with van der Waals surface area (Å²) in [7, 11) is 0. The number of nitrogens with zero attached hydrogens (tertiary/aromatic N) is 4. The number of hydrogen-bond acceptors (Lipinski definition) is 4. The summed E-state index contributed by atoms with van der Waals surface area (Å²) in [5.41, 5.74) is 8.02. The number of rotatable bonds is 3. The first-order valence-electron chi connectivity index (χ1n) is 5.93. The van der Waals surface area contributed by atoms with Crippen LogP contribution in [-0.2, 0) is 6.54 Å². The lowest BCUT2D eigenvalue weighted by Gasteiger charge is -2.04. The third-order valence-electron chi connectivity index (χ3n) is 2.89. The second kappa shape index (κ2) is 4.95. The molecular formula is C13H12ClN5. The largest absolute Gasteiger partial charge is 0.329 e. The summed E-state index contributed by atoms with van der Waals surface area (Å²) >= 11 is 6.17. The van der Waals surface area contributed by atoms with Crippen LogP contribution in [-0.4, -0.2) is 26.5 Å². The van der Waals surface area contributed by atoms with Gasteiger partial charge in [0.2, 0.25) is 0 Å². The van der Waals surface area contributed by atoms with Crippen molar-refractivity contribution < 1.29 is 0 Å². The molecule has 6 heteroatoms. The maximum Gasteiger partial charge on any atom is 0.115 e. The minimum absolute atomic E-state index is 0.530. The summed E-state index contributed by atoms with van der Waals surface area (Å²) < 4.78 is 1.72. The van der Waals surface area contributed by atoms with E-state index in [1.165, 1.54) is 0 Å². The van der Waals surface area contributed by atoms with Crippen molar-refractivity contribution in [1.29, 1.82) is 0 Å². The van der Waals surface area contributed by atoms with Crippen molar-refractivity contribution in [2.24, 2.45) is 5.73 Å². The van der Waals surface area contributed by atoms with Crippen LogP contribution in [0.4, 0.5) is 0 Å². The van der Waals surface area contributed by atoms with Crippen LogP contribution in [0.3, 0.4) is 0 Å². The molecule has 0 aliphatic rings. The summed E-state index contributed by atoms with van der Waals surface area (Å²) in [6, 6.07) is 7.57. The van der Waals surface area contributed by atoms with Crippen molar-refractivity contribution in [2.45, 2.75) is 6.54 Å². The van der Waals surface area contributed by atoms with Crippen molar-refractivity contribution in [3.05, 3.63) is 41.7 Å². The molecule has 0 amide bonds. The normalized spacial score (nSPS) is 11.1. The highest BCUT2D eigenvalue weighted by atomic mass is 35.5. The van der Waals surface area contributed by atoms with Gasteiger partial charge in [-0.3, -0.25) is 9.67 Å². The van der Waals surface area contributed by atoms with Gasteiger partial charge in [-0.25, -0.2) is 0 Å². The molecule has 0 fully saturated rings. The Hall–Kier alpha value is -1.98. The Morgan fingerprint density at radius 3 is 3.00 bits per heavy atom. The van der Waals surface area contributed by atoms with Crippen LogP contribution in [0, 0.1) is 0 Å². The summed E-state index contributed by atoms with van der Waals surface area (Å²) in [6.45, 7) is 1.17. The average molecular weight is 274 g/mol. The second-order valence-corrected chi connectivity index (χ2v) is 4.56. The lowest BCUT2D eigenvalue weighted by molar-refractivity contribution is 0.598. The molecule has 0 saturated heterocycles. The van der Waals surface area contributed by atoms with E-state index in [9.17, 15) is 0 Å². The van der Waals surface area contributed by atoms with Crippen LogP contribution in [0.25, 0.3) is 22.2 Å². The number of aromatic nitrogens is 4. The molecule has 2 heterocycles. The monoisotopic (exact) mass is 273 g/mol. The summed E-state index contributed by atoms with van der Waals surface area (Å²) in [4.78, 5) is 4.39. The van der Waals surface area contributed by atoms with Gasteiger partial charge in [-0.2, -0.15) is 0 Å². The van der Waals surface area contributed by atoms with Crippen molar-refractivity contribution in [2.75, 3.05) is 6.54 Å². The highest BCUT2D eigenvalue weighted by Gasteiger charge is 2.10. The van der Waals surface area contributed by atoms with Gasteiger partial charge in [0.15, 0.2) is 0 Å². The van der Waals surface area contributed by atoms with Gasteiger partial charge in [-0.05, 0) is 24.3 Å². The van der Waals surface area contributed by atoms with E-state index in [-0.39, 0.29) is 0 Å². The maximum atomic E-state index is 6.17. The fourth-order valence-corrected chi connectivity index (χ4v) is 2.22. The molecule has 3 aromatic rings. The zero-order valence-corrected chi connectivity index (χ0v) is 10.9. The molecule has 3 rings (SSSR count). The average Bonchev–Trinajstić information content (AvgIpc) is 2.88. The number of pyridine rings is 1. The molecule has 0 unspecified atom stereocenters. The number of halogens is 1. The molecule has 0 aliphatic heterocycles. The van der Waals surface area contributed by atoms with Crippen molar-refractivity contribution >= 4 is 22.5 Å². The van der Waals surface area contributed by atoms with Crippen LogP contribution in [0.2, 0.25) is 5.02 Å². The molecule has 0 saturated carbocycles. The first kappa shape index (κ1) is 12.1. The number of fused-ring (bicyclic) bond motifs is 1. The van der Waals surface area contributed by atoms with Gasteiger partial charge in [-0.1, -0.05) is 16.8 Å². The molecule has 0 bridgehead atoms. The van der Waals surface area contributed by atoms with E-state index >= 15 is 0 Å². The third kappa shape index (κ3) is 2.18. The van der Waals surface area contributed by atoms with E-state index in [1.54, 1.807) is 10.9 Å². The van der Waals surface area contributed by atoms with Gasteiger partial charge in [0, 0.05) is 23.7 Å². The van der Waals surface area contributed by atoms with Crippen LogP contribution in [0.5, 0.6) is 0 Å². The molecule has 2 N–H and O–H groups in total. The van der Waals surface area contributed by atoms with Gasteiger partial charge in [0.05, 0.1) is 23.3 Å². The van der Waals surface area contributed by atoms with Gasteiger partial charge in [0.25, 0.3) is 0 Å². The topological polar surface area (TPSA) is 69.6 Å². The highest BCUT2D eigenvalue weighted by molar-refractivity contribution is 6.35. The molecule has 0 radical (unpaired) electrons. The number of benzene rings is 1. The summed E-state index contributed by atoms with van der Waals surface area (Å²) in [5, 5.41) is 9.79. The van der Waals surface area contributed by atoms with E-state index in [0.29, 0.717) is 18.1 Å². The number of nitrogens with two attached hydrogens (primary N) is 1. The second-order valence-electron chi connectivity index (χ2n) is 4.15. The number of hydrogen-bond donors (Lipinski definition) is 1. The molecule has 0 atom stereocenters. The predicted octanol–water partition coefficient (Wildman–Crippen LogP) is 2.11. The smallest absolute Gasteiger partial charge is 0.115 e. The maximum absolute atomic E-state index is 6.17. The standard InChI is InChI=1S/C13H12ClN5/c14-11-4-3-10(13-9(11)2-1-6-16-13)12-8-19(7-5-15)18-17-12/h1-4,6,8H,5,7,15H2. The molecule has 1 aromatic carbocycles. The first-order valence-corrected chi connectivity index (χ1v) is 6.31. The Kier molecular flexibility index (Phi) is 3.15. The zero-order valence-electron chi connectivity index (χ0n) is 10.1. The molecule has 0 spiro atoms. The van der Waals surface area contributed by atoms with E-state index < -0.39 is 0 Å². The Morgan fingerprint density at radius 2 is 2.16 bits per heavy atom. The first-order chi connectivity index (χ1) is 9.29. The van der Waals surface area contributed by atoms with Crippen molar-refractivity contribution in [3.63, 3.8) is 0 Å². The van der Waals surface area contributed by atoms with Crippen LogP contribution < -0.4 is 5.73 Å². The van der Waals surface area contributed by atoms with E-state index in [0.717, 1.165) is 22.2 Å². The minimum Gasteiger partial charge on any atom is -0.329 e. The SMILES string of the molecule is NCCn1cc(-c2ccc(Cl)c3cccnc23)nn1. The van der Waals surface area contributed by atoms with Gasteiger partial charge >= 0.3 is 0 Å². The highest BCUT2D eigenvalue weighted by Crippen LogP contribution is 2.30. The van der Waals surface area contributed by atoms with Crippen molar-refractivity contribution in [1.82, 2.24) is 20.0 Å². The summed E-state index contributed by atoms with van der Waals surface area (Å²) in [5.74, 6) is 0.